The SMILES string of the molecule is COCCc1nc(-c2ccc3c(c2)N(CC(=O)Nc2ccc(Cl)cc2)C(=O)CO3)cs1. The summed E-state index contributed by atoms with van der Waals surface area (Å²) >= 11 is 7.44. The van der Waals surface area contributed by atoms with Crippen molar-refractivity contribution in [2.45, 2.75) is 6.42 Å². The number of ether oxygens (including phenoxy) is 2. The molecular formula is C22H20ClN3O4S. The minimum Gasteiger partial charge on any atom is -0.482 e. The average molecular weight is 458 g/mol. The maximum atomic E-state index is 12.6. The number of carbonyl (C=O) groups is 2. The molecule has 2 amide bonds. The van der Waals surface area contributed by atoms with Crippen LogP contribution in [0.1, 0.15) is 5.01 Å². The topological polar surface area (TPSA) is 80.8 Å². The number of aromatic nitrogens is 1. The quantitative estimate of drug-likeness (QED) is 0.579. The second-order valence-corrected chi connectivity index (χ2v) is 8.25. The van der Waals surface area contributed by atoms with Crippen molar-refractivity contribution >= 4 is 46.1 Å². The highest BCUT2D eigenvalue weighted by Crippen LogP contribution is 2.36. The Balaban J connectivity index is 1.54. The summed E-state index contributed by atoms with van der Waals surface area (Å²) in [4.78, 5) is 31.2. The first-order valence-corrected chi connectivity index (χ1v) is 10.9. The predicted octanol–water partition coefficient (Wildman–Crippen LogP) is 4.02. The number of benzene rings is 2. The molecule has 0 bridgehead atoms. The Morgan fingerprint density at radius 3 is 2.87 bits per heavy atom. The summed E-state index contributed by atoms with van der Waals surface area (Å²) in [5.41, 5.74) is 2.81. The van der Waals surface area contributed by atoms with Crippen LogP contribution < -0.4 is 15.0 Å². The monoisotopic (exact) mass is 457 g/mol. The van der Waals surface area contributed by atoms with E-state index in [1.165, 1.54) is 4.90 Å². The van der Waals surface area contributed by atoms with E-state index in [0.717, 1.165) is 22.7 Å². The van der Waals surface area contributed by atoms with Crippen molar-refractivity contribution in [2.75, 3.05) is 37.1 Å². The van der Waals surface area contributed by atoms with Crippen LogP contribution in [-0.4, -0.2) is 43.7 Å². The zero-order valence-corrected chi connectivity index (χ0v) is 18.3. The molecule has 31 heavy (non-hydrogen) atoms. The van der Waals surface area contributed by atoms with Crippen LogP contribution in [0.2, 0.25) is 5.02 Å². The van der Waals surface area contributed by atoms with E-state index in [9.17, 15) is 9.59 Å². The van der Waals surface area contributed by atoms with Crippen LogP contribution in [0.3, 0.4) is 0 Å². The van der Waals surface area contributed by atoms with Crippen LogP contribution in [0.4, 0.5) is 11.4 Å². The number of methoxy groups -OCH3 is 1. The molecule has 2 heterocycles. The van der Waals surface area contributed by atoms with Gasteiger partial charge in [-0.1, -0.05) is 11.6 Å². The minimum absolute atomic E-state index is 0.113. The Hall–Kier alpha value is -2.94. The first-order chi connectivity index (χ1) is 15.0. The standard InChI is InChI=1S/C22H20ClN3O4S/c1-29-9-8-21-25-17(13-31-21)14-2-7-19-18(10-14)26(22(28)12-30-19)11-20(27)24-16-5-3-15(23)4-6-16/h2-7,10,13H,8-9,11-12H2,1H3,(H,24,27). The third-order valence-corrected chi connectivity index (χ3v) is 5.86. The molecule has 0 saturated heterocycles. The van der Waals surface area contributed by atoms with E-state index in [1.807, 2.05) is 17.5 Å². The number of amides is 2. The molecule has 0 aliphatic carbocycles. The minimum atomic E-state index is -0.315. The lowest BCUT2D eigenvalue weighted by Crippen LogP contribution is -2.43. The Labute approximate surface area is 188 Å². The number of anilines is 2. The summed E-state index contributed by atoms with van der Waals surface area (Å²) < 4.78 is 10.7. The molecule has 2 aromatic carbocycles. The fourth-order valence-electron chi connectivity index (χ4n) is 3.16. The van der Waals surface area contributed by atoms with Gasteiger partial charge in [-0.15, -0.1) is 11.3 Å². The number of hydrogen-bond acceptors (Lipinski definition) is 6. The van der Waals surface area contributed by atoms with E-state index in [2.05, 4.69) is 10.3 Å². The molecule has 0 spiro atoms. The van der Waals surface area contributed by atoms with Crippen LogP contribution in [-0.2, 0) is 20.7 Å². The van der Waals surface area contributed by atoms with Gasteiger partial charge in [-0.2, -0.15) is 0 Å². The summed E-state index contributed by atoms with van der Waals surface area (Å²) in [6, 6.07) is 12.3. The third kappa shape index (κ3) is 5.04. The van der Waals surface area contributed by atoms with Gasteiger partial charge < -0.3 is 14.8 Å². The van der Waals surface area contributed by atoms with Gasteiger partial charge >= 0.3 is 0 Å². The van der Waals surface area contributed by atoms with Crippen molar-refractivity contribution in [1.82, 2.24) is 4.98 Å². The number of carbonyl (C=O) groups excluding carboxylic acids is 2. The molecule has 7 nitrogen and oxygen atoms in total. The molecule has 3 aromatic rings. The molecule has 0 unspecified atom stereocenters. The predicted molar refractivity (Wildman–Crippen MR) is 121 cm³/mol. The maximum absolute atomic E-state index is 12.6. The van der Waals surface area contributed by atoms with Crippen molar-refractivity contribution in [3.05, 3.63) is 57.9 Å². The molecule has 1 N–H and O–H groups in total. The molecule has 0 radical (unpaired) electrons. The maximum Gasteiger partial charge on any atom is 0.265 e. The highest BCUT2D eigenvalue weighted by atomic mass is 35.5. The normalized spacial score (nSPS) is 13.0. The van der Waals surface area contributed by atoms with Crippen molar-refractivity contribution < 1.29 is 19.1 Å². The number of hydrogen-bond donors (Lipinski definition) is 1. The van der Waals surface area contributed by atoms with Crippen molar-refractivity contribution in [3.8, 4) is 17.0 Å². The average Bonchev–Trinajstić information content (AvgIpc) is 3.24. The van der Waals surface area contributed by atoms with Gasteiger partial charge in [0.25, 0.3) is 5.91 Å². The third-order valence-electron chi connectivity index (χ3n) is 4.70. The summed E-state index contributed by atoms with van der Waals surface area (Å²) in [7, 11) is 1.66. The van der Waals surface area contributed by atoms with Crippen molar-refractivity contribution in [2.24, 2.45) is 0 Å². The van der Waals surface area contributed by atoms with E-state index >= 15 is 0 Å². The zero-order chi connectivity index (χ0) is 21.8. The van der Waals surface area contributed by atoms with Gasteiger partial charge in [0.1, 0.15) is 12.3 Å². The molecule has 1 aromatic heterocycles. The second-order valence-electron chi connectivity index (χ2n) is 6.88. The fourth-order valence-corrected chi connectivity index (χ4v) is 4.07. The largest absolute Gasteiger partial charge is 0.482 e. The van der Waals surface area contributed by atoms with Gasteiger partial charge in [0.15, 0.2) is 6.61 Å². The van der Waals surface area contributed by atoms with Crippen LogP contribution in [0.15, 0.2) is 47.8 Å². The molecular weight excluding hydrogens is 438 g/mol. The fraction of sp³-hybridized carbons (Fsp3) is 0.227. The summed E-state index contributed by atoms with van der Waals surface area (Å²) in [6.07, 6.45) is 0.741. The van der Waals surface area contributed by atoms with Gasteiger partial charge in [0, 0.05) is 35.2 Å². The molecule has 0 saturated carbocycles. The van der Waals surface area contributed by atoms with E-state index in [0.29, 0.717) is 28.8 Å². The number of fused-ring (bicyclic) bond motifs is 1. The smallest absolute Gasteiger partial charge is 0.265 e. The Bertz CT molecular complexity index is 1100. The Morgan fingerprint density at radius 1 is 1.29 bits per heavy atom. The number of nitrogens with one attached hydrogen (secondary N) is 1. The second kappa shape index (κ2) is 9.47. The van der Waals surface area contributed by atoms with Gasteiger partial charge in [-0.05, 0) is 42.5 Å². The summed E-state index contributed by atoms with van der Waals surface area (Å²) in [5, 5.41) is 6.30. The van der Waals surface area contributed by atoms with Crippen molar-refractivity contribution in [3.63, 3.8) is 0 Å². The number of nitrogens with zero attached hydrogens (tertiary/aromatic N) is 2. The van der Waals surface area contributed by atoms with E-state index in [-0.39, 0.29) is 25.0 Å². The molecule has 1 aliphatic heterocycles. The van der Waals surface area contributed by atoms with Gasteiger partial charge in [0.2, 0.25) is 5.91 Å². The molecule has 0 fully saturated rings. The molecule has 1 aliphatic rings. The number of rotatable bonds is 7. The van der Waals surface area contributed by atoms with E-state index < -0.39 is 0 Å². The molecule has 9 heteroatoms. The van der Waals surface area contributed by atoms with Crippen molar-refractivity contribution in [1.29, 1.82) is 0 Å². The lowest BCUT2D eigenvalue weighted by atomic mass is 10.1. The highest BCUT2D eigenvalue weighted by Gasteiger charge is 2.28. The lowest BCUT2D eigenvalue weighted by Gasteiger charge is -2.29. The Morgan fingerprint density at radius 2 is 2.10 bits per heavy atom. The van der Waals surface area contributed by atoms with Gasteiger partial charge in [-0.3, -0.25) is 14.5 Å². The molecule has 0 atom stereocenters. The summed E-state index contributed by atoms with van der Waals surface area (Å²) in [5.74, 6) is -0.0446. The van der Waals surface area contributed by atoms with Crippen LogP contribution in [0.25, 0.3) is 11.3 Å². The van der Waals surface area contributed by atoms with E-state index in [1.54, 1.807) is 48.8 Å². The van der Waals surface area contributed by atoms with Gasteiger partial charge in [0.05, 0.1) is 23.0 Å². The lowest BCUT2D eigenvalue weighted by molar-refractivity contribution is -0.123. The van der Waals surface area contributed by atoms with Crippen LogP contribution in [0.5, 0.6) is 5.75 Å². The summed E-state index contributed by atoms with van der Waals surface area (Å²) in [6.45, 7) is 0.367. The van der Waals surface area contributed by atoms with Gasteiger partial charge in [-0.25, -0.2) is 4.98 Å². The van der Waals surface area contributed by atoms with Crippen LogP contribution in [0, 0.1) is 0 Å². The highest BCUT2D eigenvalue weighted by molar-refractivity contribution is 7.09. The Kier molecular flexibility index (Phi) is 6.50. The number of thiazole rings is 1. The molecule has 160 valence electrons. The molecule has 4 rings (SSSR count). The first-order valence-electron chi connectivity index (χ1n) is 9.60. The van der Waals surface area contributed by atoms with E-state index in [4.69, 9.17) is 21.1 Å². The zero-order valence-electron chi connectivity index (χ0n) is 16.8. The van der Waals surface area contributed by atoms with Crippen LogP contribution >= 0.6 is 22.9 Å². The number of halogens is 1. The first kappa shape index (κ1) is 21.3.